The Balaban J connectivity index is 1.96. The summed E-state index contributed by atoms with van der Waals surface area (Å²) in [5, 5.41) is 2.86. The van der Waals surface area contributed by atoms with Gasteiger partial charge >= 0.3 is 0 Å². The molecule has 0 aromatic heterocycles. The van der Waals surface area contributed by atoms with Gasteiger partial charge < -0.3 is 9.47 Å². The highest BCUT2D eigenvalue weighted by molar-refractivity contribution is 7.79. The molecule has 0 N–H and O–H groups in total. The van der Waals surface area contributed by atoms with Crippen molar-refractivity contribution in [1.82, 2.24) is 4.44 Å². The molecule has 4 aromatic rings. The number of hydrogen-bond donors (Lipinski definition) is 0. The number of rotatable bonds is 11. The van der Waals surface area contributed by atoms with Crippen LogP contribution in [0, 0.1) is 0 Å². The molecular formula is C50H71NO2P2. The van der Waals surface area contributed by atoms with Gasteiger partial charge in [-0.1, -0.05) is 157 Å². The highest BCUT2D eigenvalue weighted by Crippen LogP contribution is 2.76. The van der Waals surface area contributed by atoms with E-state index in [1.807, 2.05) is 14.2 Å². The Morgan fingerprint density at radius 2 is 0.891 bits per heavy atom. The maximum Gasteiger partial charge on any atom is 0.126 e. The average molecular weight is 780 g/mol. The second-order valence-electron chi connectivity index (χ2n) is 19.7. The minimum Gasteiger partial charge on any atom is -0.496 e. The monoisotopic (exact) mass is 779 g/mol. The quantitative estimate of drug-likeness (QED) is 0.142. The predicted octanol–water partition coefficient (Wildman–Crippen LogP) is 14.0. The van der Waals surface area contributed by atoms with Gasteiger partial charge in [-0.3, -0.25) is 4.44 Å². The van der Waals surface area contributed by atoms with E-state index in [-0.39, 0.29) is 21.7 Å². The summed E-state index contributed by atoms with van der Waals surface area (Å²) in [5.41, 5.74) is 8.67. The van der Waals surface area contributed by atoms with Crippen LogP contribution in [0.3, 0.4) is 0 Å². The van der Waals surface area contributed by atoms with Crippen LogP contribution in [0.15, 0.2) is 84.9 Å². The van der Waals surface area contributed by atoms with E-state index in [1.165, 1.54) is 56.8 Å². The van der Waals surface area contributed by atoms with Gasteiger partial charge in [0.05, 0.1) is 14.2 Å². The molecule has 1 saturated heterocycles. The van der Waals surface area contributed by atoms with Gasteiger partial charge in [-0.2, -0.15) is 0 Å². The number of methoxy groups -OCH3 is 2. The Morgan fingerprint density at radius 3 is 1.16 bits per heavy atom. The first-order chi connectivity index (χ1) is 25.7. The largest absolute Gasteiger partial charge is 0.496 e. The van der Waals surface area contributed by atoms with E-state index in [2.05, 4.69) is 179 Å². The number of benzene rings is 4. The number of ether oxygens (including phenoxy) is 2. The molecule has 1 heterocycles. The molecule has 0 spiro atoms. The topological polar surface area (TPSA) is 21.7 Å². The van der Waals surface area contributed by atoms with Crippen molar-refractivity contribution in [3.05, 3.63) is 118 Å². The van der Waals surface area contributed by atoms with E-state index in [0.29, 0.717) is 11.3 Å². The van der Waals surface area contributed by atoms with E-state index in [0.717, 1.165) is 30.9 Å². The Morgan fingerprint density at radius 1 is 0.564 bits per heavy atom. The first-order valence-corrected chi connectivity index (χ1v) is 23.4. The van der Waals surface area contributed by atoms with Gasteiger partial charge in [-0.15, -0.1) is 0 Å². The molecular weight excluding hydrogens is 709 g/mol. The molecule has 0 saturated carbocycles. The van der Waals surface area contributed by atoms with Crippen molar-refractivity contribution in [3.8, 4) is 11.5 Å². The molecule has 5 heteroatoms. The van der Waals surface area contributed by atoms with Gasteiger partial charge in [-0.25, -0.2) is 0 Å². The summed E-state index contributed by atoms with van der Waals surface area (Å²) in [6.45, 7) is 31.6. The molecule has 5 rings (SSSR count). The average Bonchev–Trinajstić information content (AvgIpc) is 3.56. The summed E-state index contributed by atoms with van der Waals surface area (Å²) in [4.78, 5) is 0. The van der Waals surface area contributed by atoms with Crippen molar-refractivity contribution in [2.75, 3.05) is 20.8 Å². The van der Waals surface area contributed by atoms with E-state index in [9.17, 15) is 0 Å². The van der Waals surface area contributed by atoms with Crippen molar-refractivity contribution in [2.24, 2.45) is 0 Å². The van der Waals surface area contributed by atoms with Gasteiger partial charge in [0.15, 0.2) is 0 Å². The summed E-state index contributed by atoms with van der Waals surface area (Å²) in [6, 6.07) is 33.2. The first kappa shape index (κ1) is 43.4. The molecule has 298 valence electrons. The fourth-order valence-corrected chi connectivity index (χ4v) is 15.9. The second kappa shape index (κ2) is 17.0. The molecule has 55 heavy (non-hydrogen) atoms. The molecule has 3 nitrogen and oxygen atoms in total. The van der Waals surface area contributed by atoms with Crippen LogP contribution in [0.4, 0.5) is 0 Å². The van der Waals surface area contributed by atoms with Gasteiger partial charge in [0.25, 0.3) is 0 Å². The normalized spacial score (nSPS) is 18.3. The summed E-state index contributed by atoms with van der Waals surface area (Å²) >= 11 is 0. The second-order valence-corrected chi connectivity index (χ2v) is 24.7. The van der Waals surface area contributed by atoms with Crippen LogP contribution < -0.4 is 20.1 Å². The summed E-state index contributed by atoms with van der Waals surface area (Å²) in [7, 11) is 2.06. The molecule has 0 radical (unpaired) electrons. The summed E-state index contributed by atoms with van der Waals surface area (Å²) in [5.74, 6) is 2.07. The molecule has 0 aliphatic carbocycles. The molecule has 0 bridgehead atoms. The van der Waals surface area contributed by atoms with Gasteiger partial charge in [0.1, 0.15) is 11.5 Å². The molecule has 2 unspecified atom stereocenters. The maximum absolute atomic E-state index is 6.38. The lowest BCUT2D eigenvalue weighted by atomic mass is 9.79. The van der Waals surface area contributed by atoms with Gasteiger partial charge in [-0.05, 0) is 95.0 Å². The zero-order chi connectivity index (χ0) is 40.5. The third-order valence-corrected chi connectivity index (χ3v) is 17.6. The number of unbranched alkanes of at least 4 members (excludes halogenated alkanes) is 1. The van der Waals surface area contributed by atoms with E-state index in [4.69, 9.17) is 9.47 Å². The lowest BCUT2D eigenvalue weighted by molar-refractivity contribution is 0.381. The Labute approximate surface area is 338 Å². The third kappa shape index (κ3) is 9.54. The maximum atomic E-state index is 6.38. The van der Waals surface area contributed by atoms with E-state index < -0.39 is 16.1 Å². The van der Waals surface area contributed by atoms with Gasteiger partial charge in [0.2, 0.25) is 0 Å². The Hall–Kier alpha value is -2.70. The van der Waals surface area contributed by atoms with Crippen molar-refractivity contribution < 1.29 is 9.47 Å². The molecule has 1 fully saturated rings. The van der Waals surface area contributed by atoms with Crippen LogP contribution in [-0.2, 0) is 21.7 Å². The zero-order valence-electron chi connectivity index (χ0n) is 36.9. The predicted molar refractivity (Wildman–Crippen MR) is 243 cm³/mol. The van der Waals surface area contributed by atoms with Gasteiger partial charge in [0, 0.05) is 48.2 Å². The van der Waals surface area contributed by atoms with Crippen molar-refractivity contribution in [2.45, 2.75) is 149 Å². The molecule has 4 aromatic carbocycles. The van der Waals surface area contributed by atoms with Crippen LogP contribution >= 0.6 is 16.1 Å². The molecule has 2 atom stereocenters. The zero-order valence-corrected chi connectivity index (χ0v) is 38.7. The lowest BCUT2D eigenvalue weighted by Gasteiger charge is -2.44. The standard InChI is InChI=1S/C50H71NO2P2/c1-16-17-30-51(55-43(35-24-20-18-21-25-35)28-29-44(55)36-26-22-19-23-27-36)54(37-31-39(47(2,3)4)45(52-14)40(32-37)48(5,6)7)38-33-41(49(8,9)10)46(53-15)42(34-38)50(11,12)13/h18-27,31-34,43-44H,16-17,28-30H2,1-15H3. The summed E-state index contributed by atoms with van der Waals surface area (Å²) in [6.07, 6.45) is 4.71. The van der Waals surface area contributed by atoms with Crippen molar-refractivity contribution in [1.29, 1.82) is 0 Å². The number of nitrogens with zero attached hydrogens (tertiary/aromatic N) is 1. The summed E-state index contributed by atoms with van der Waals surface area (Å²) < 4.78 is 15.9. The Kier molecular flexibility index (Phi) is 13.4. The molecule has 1 aliphatic rings. The van der Waals surface area contributed by atoms with E-state index >= 15 is 0 Å². The van der Waals surface area contributed by atoms with Crippen molar-refractivity contribution in [3.63, 3.8) is 0 Å². The van der Waals surface area contributed by atoms with Crippen LogP contribution in [0.1, 0.15) is 160 Å². The van der Waals surface area contributed by atoms with Crippen LogP contribution in [-0.4, -0.2) is 25.2 Å². The van der Waals surface area contributed by atoms with Crippen LogP contribution in [0.25, 0.3) is 0 Å². The smallest absolute Gasteiger partial charge is 0.126 e. The third-order valence-electron chi connectivity index (χ3n) is 11.2. The number of hydrogen-bond acceptors (Lipinski definition) is 3. The lowest BCUT2D eigenvalue weighted by Crippen LogP contribution is -2.32. The molecule has 1 aliphatic heterocycles. The fourth-order valence-electron chi connectivity index (χ4n) is 8.28. The highest BCUT2D eigenvalue weighted by atomic mass is 31.2. The van der Waals surface area contributed by atoms with E-state index in [1.54, 1.807) is 0 Å². The first-order valence-electron chi connectivity index (χ1n) is 20.6. The minimum atomic E-state index is -1.01. The Bertz CT molecular complexity index is 1670. The van der Waals surface area contributed by atoms with Crippen molar-refractivity contribution >= 4 is 26.8 Å². The SMILES string of the molecule is CCCCN(P(c1cc(C(C)(C)C)c(OC)c(C(C)(C)C)c1)c1cc(C(C)(C)C)c(OC)c(C(C)(C)C)c1)P1C(c2ccccc2)CCC1c1ccccc1. The molecule has 0 amide bonds. The minimum absolute atomic E-state index is 0.110. The highest BCUT2D eigenvalue weighted by Gasteiger charge is 2.45. The van der Waals surface area contributed by atoms with Crippen LogP contribution in [0.5, 0.6) is 11.5 Å². The van der Waals surface area contributed by atoms with Crippen LogP contribution in [0.2, 0.25) is 0 Å². The fraction of sp³-hybridized carbons (Fsp3) is 0.520.